The monoisotopic (exact) mass is 314 g/mol. The zero-order chi connectivity index (χ0) is 16.7. The van der Waals surface area contributed by atoms with Crippen molar-refractivity contribution >= 4 is 17.9 Å². The lowest BCUT2D eigenvalue weighted by Crippen LogP contribution is -1.98. The van der Waals surface area contributed by atoms with Crippen LogP contribution in [0.4, 0.5) is 5.69 Å². The van der Waals surface area contributed by atoms with Gasteiger partial charge in [-0.3, -0.25) is 5.43 Å². The first-order chi connectivity index (χ1) is 11.1. The minimum atomic E-state index is -0.978. The molecule has 0 saturated carbocycles. The number of carboxylic acid groups (broad SMARTS) is 1. The number of ether oxygens (including phenoxy) is 2. The van der Waals surface area contributed by atoms with Gasteiger partial charge in [0.25, 0.3) is 0 Å². The van der Waals surface area contributed by atoms with E-state index in [-0.39, 0.29) is 5.56 Å². The van der Waals surface area contributed by atoms with E-state index in [4.69, 9.17) is 14.6 Å². The molecule has 2 aromatic carbocycles. The third-order valence-electron chi connectivity index (χ3n) is 3.00. The first-order valence-electron chi connectivity index (χ1n) is 7.07. The zero-order valence-corrected chi connectivity index (χ0v) is 12.9. The molecule has 0 aliphatic heterocycles. The normalized spacial score (nSPS) is 10.5. The first kappa shape index (κ1) is 16.4. The summed E-state index contributed by atoms with van der Waals surface area (Å²) in [4.78, 5) is 10.9. The van der Waals surface area contributed by atoms with Gasteiger partial charge in [-0.15, -0.1) is 0 Å². The molecule has 0 aliphatic rings. The number of aromatic carboxylic acids is 1. The van der Waals surface area contributed by atoms with Gasteiger partial charge >= 0.3 is 5.97 Å². The Morgan fingerprint density at radius 3 is 2.78 bits per heavy atom. The molecular weight excluding hydrogens is 296 g/mol. The van der Waals surface area contributed by atoms with Crippen LogP contribution in [0.3, 0.4) is 0 Å². The topological polar surface area (TPSA) is 80.2 Å². The fourth-order valence-electron chi connectivity index (χ4n) is 1.95. The number of hydrazone groups is 1. The summed E-state index contributed by atoms with van der Waals surface area (Å²) in [6.07, 6.45) is 1.62. The van der Waals surface area contributed by atoms with Gasteiger partial charge in [-0.1, -0.05) is 6.07 Å². The molecule has 0 fully saturated rings. The van der Waals surface area contributed by atoms with Gasteiger partial charge in [0.05, 0.1) is 31.2 Å². The number of rotatable bonds is 7. The molecule has 0 saturated heterocycles. The average Bonchev–Trinajstić information content (AvgIpc) is 2.56. The molecule has 0 aliphatic carbocycles. The highest BCUT2D eigenvalue weighted by atomic mass is 16.5. The van der Waals surface area contributed by atoms with Crippen LogP contribution in [0.1, 0.15) is 22.8 Å². The second-order valence-electron chi connectivity index (χ2n) is 4.60. The summed E-state index contributed by atoms with van der Waals surface area (Å²) in [7, 11) is 1.59. The van der Waals surface area contributed by atoms with E-state index < -0.39 is 5.97 Å². The molecule has 0 atom stereocenters. The molecular formula is C17H18N2O4. The number of hydrogen-bond acceptors (Lipinski definition) is 5. The fourth-order valence-corrected chi connectivity index (χ4v) is 1.95. The van der Waals surface area contributed by atoms with Gasteiger partial charge in [0.15, 0.2) is 11.5 Å². The lowest BCUT2D eigenvalue weighted by Gasteiger charge is -2.09. The van der Waals surface area contributed by atoms with Crippen molar-refractivity contribution in [2.45, 2.75) is 6.92 Å². The van der Waals surface area contributed by atoms with Crippen LogP contribution in [0.15, 0.2) is 47.6 Å². The SMILES string of the molecule is CCOc1cc(/C=N/Nc2cccc(C(=O)O)c2)ccc1OC. The van der Waals surface area contributed by atoms with Crippen molar-refractivity contribution in [2.75, 3.05) is 19.1 Å². The molecule has 0 bridgehead atoms. The summed E-state index contributed by atoms with van der Waals surface area (Å²) >= 11 is 0. The van der Waals surface area contributed by atoms with Gasteiger partial charge < -0.3 is 14.6 Å². The van der Waals surface area contributed by atoms with Gasteiger partial charge in [0, 0.05) is 0 Å². The van der Waals surface area contributed by atoms with E-state index in [0.29, 0.717) is 23.8 Å². The van der Waals surface area contributed by atoms with E-state index in [0.717, 1.165) is 5.56 Å². The highest BCUT2D eigenvalue weighted by Gasteiger charge is 2.04. The number of nitrogens with one attached hydrogen (secondary N) is 1. The van der Waals surface area contributed by atoms with Gasteiger partial charge in [-0.05, 0) is 48.9 Å². The van der Waals surface area contributed by atoms with E-state index in [1.807, 2.05) is 19.1 Å². The fraction of sp³-hybridized carbons (Fsp3) is 0.176. The van der Waals surface area contributed by atoms with Crippen molar-refractivity contribution in [3.05, 3.63) is 53.6 Å². The summed E-state index contributed by atoms with van der Waals surface area (Å²) in [6, 6.07) is 11.9. The molecule has 120 valence electrons. The lowest BCUT2D eigenvalue weighted by atomic mass is 10.2. The second-order valence-corrected chi connectivity index (χ2v) is 4.60. The Kier molecular flexibility index (Phi) is 5.57. The summed E-state index contributed by atoms with van der Waals surface area (Å²) in [6.45, 7) is 2.44. The van der Waals surface area contributed by atoms with Crippen molar-refractivity contribution in [1.29, 1.82) is 0 Å². The first-order valence-corrected chi connectivity index (χ1v) is 7.07. The molecule has 23 heavy (non-hydrogen) atoms. The standard InChI is InChI=1S/C17H18N2O4/c1-3-23-16-9-12(7-8-15(16)22-2)11-18-19-14-6-4-5-13(10-14)17(20)21/h4-11,19H,3H2,1-2H3,(H,20,21)/b18-11+. The zero-order valence-electron chi connectivity index (χ0n) is 12.9. The Morgan fingerprint density at radius 2 is 2.09 bits per heavy atom. The van der Waals surface area contributed by atoms with Crippen LogP contribution in [-0.2, 0) is 0 Å². The van der Waals surface area contributed by atoms with Crippen LogP contribution in [0.2, 0.25) is 0 Å². The van der Waals surface area contributed by atoms with Crippen LogP contribution in [0.5, 0.6) is 11.5 Å². The third kappa shape index (κ3) is 4.47. The number of benzene rings is 2. The summed E-state index contributed by atoms with van der Waals surface area (Å²) in [5.41, 5.74) is 4.43. The Morgan fingerprint density at radius 1 is 1.26 bits per heavy atom. The third-order valence-corrected chi connectivity index (χ3v) is 3.00. The minimum absolute atomic E-state index is 0.202. The van der Waals surface area contributed by atoms with E-state index >= 15 is 0 Å². The van der Waals surface area contributed by atoms with Crippen LogP contribution >= 0.6 is 0 Å². The van der Waals surface area contributed by atoms with Gasteiger partial charge in [-0.2, -0.15) is 5.10 Å². The Hall–Kier alpha value is -3.02. The minimum Gasteiger partial charge on any atom is -0.493 e. The quantitative estimate of drug-likeness (QED) is 0.606. The number of carbonyl (C=O) groups is 1. The number of anilines is 1. The van der Waals surface area contributed by atoms with Crippen molar-refractivity contribution in [2.24, 2.45) is 5.10 Å². The summed E-state index contributed by atoms with van der Waals surface area (Å²) in [5, 5.41) is 13.1. The molecule has 2 rings (SSSR count). The van der Waals surface area contributed by atoms with Crippen molar-refractivity contribution < 1.29 is 19.4 Å². The smallest absolute Gasteiger partial charge is 0.335 e. The Labute approximate surface area is 134 Å². The second kappa shape index (κ2) is 7.84. The Balaban J connectivity index is 2.09. The predicted octanol–water partition coefficient (Wildman–Crippen LogP) is 3.24. The van der Waals surface area contributed by atoms with E-state index in [9.17, 15) is 4.79 Å². The molecule has 0 unspecified atom stereocenters. The van der Waals surface area contributed by atoms with Crippen LogP contribution in [-0.4, -0.2) is 31.0 Å². The van der Waals surface area contributed by atoms with E-state index in [1.54, 1.807) is 31.5 Å². The van der Waals surface area contributed by atoms with Crippen molar-refractivity contribution in [1.82, 2.24) is 0 Å². The number of nitrogens with zero attached hydrogens (tertiary/aromatic N) is 1. The maximum Gasteiger partial charge on any atom is 0.335 e. The summed E-state index contributed by atoms with van der Waals surface area (Å²) < 4.78 is 10.7. The average molecular weight is 314 g/mol. The number of hydrogen-bond donors (Lipinski definition) is 2. The van der Waals surface area contributed by atoms with Crippen LogP contribution in [0, 0.1) is 0 Å². The van der Waals surface area contributed by atoms with Crippen LogP contribution in [0.25, 0.3) is 0 Å². The highest BCUT2D eigenvalue weighted by Crippen LogP contribution is 2.27. The van der Waals surface area contributed by atoms with Gasteiger partial charge in [-0.25, -0.2) is 4.79 Å². The molecule has 0 spiro atoms. The van der Waals surface area contributed by atoms with Gasteiger partial charge in [0.2, 0.25) is 0 Å². The van der Waals surface area contributed by atoms with E-state index in [2.05, 4.69) is 10.5 Å². The molecule has 0 amide bonds. The van der Waals surface area contributed by atoms with Crippen LogP contribution < -0.4 is 14.9 Å². The largest absolute Gasteiger partial charge is 0.493 e. The molecule has 6 nitrogen and oxygen atoms in total. The van der Waals surface area contributed by atoms with Crippen molar-refractivity contribution in [3.63, 3.8) is 0 Å². The molecule has 0 radical (unpaired) electrons. The van der Waals surface area contributed by atoms with Crippen molar-refractivity contribution in [3.8, 4) is 11.5 Å². The molecule has 0 heterocycles. The number of carboxylic acids is 1. The van der Waals surface area contributed by atoms with E-state index in [1.165, 1.54) is 12.1 Å². The Bertz CT molecular complexity index is 713. The molecule has 6 heteroatoms. The predicted molar refractivity (Wildman–Crippen MR) is 88.8 cm³/mol. The number of methoxy groups -OCH3 is 1. The maximum absolute atomic E-state index is 10.9. The molecule has 0 aromatic heterocycles. The highest BCUT2D eigenvalue weighted by molar-refractivity contribution is 5.89. The van der Waals surface area contributed by atoms with Gasteiger partial charge in [0.1, 0.15) is 0 Å². The molecule has 2 aromatic rings. The molecule has 2 N–H and O–H groups in total. The maximum atomic E-state index is 10.9. The lowest BCUT2D eigenvalue weighted by molar-refractivity contribution is 0.0697. The summed E-state index contributed by atoms with van der Waals surface area (Å²) in [5.74, 6) is 0.326.